The van der Waals surface area contributed by atoms with Crippen LogP contribution in [0.15, 0.2) is 17.2 Å². The van der Waals surface area contributed by atoms with Crippen molar-refractivity contribution in [3.05, 3.63) is 18.0 Å². The second kappa shape index (κ2) is 5.38. The average Bonchev–Trinajstić information content (AvgIpc) is 2.67. The van der Waals surface area contributed by atoms with E-state index in [0.29, 0.717) is 0 Å². The van der Waals surface area contributed by atoms with E-state index >= 15 is 0 Å². The van der Waals surface area contributed by atoms with Gasteiger partial charge >= 0.3 is 5.97 Å². The summed E-state index contributed by atoms with van der Waals surface area (Å²) in [6.07, 6.45) is 1.12. The first-order chi connectivity index (χ1) is 8.66. The van der Waals surface area contributed by atoms with Crippen molar-refractivity contribution < 1.29 is 28.2 Å². The molecule has 0 aliphatic rings. The first-order valence-electron chi connectivity index (χ1n) is 5.00. The Morgan fingerprint density at radius 3 is 2.47 bits per heavy atom. The van der Waals surface area contributed by atoms with E-state index in [1.165, 1.54) is 11.6 Å². The molecule has 1 rings (SSSR count). The summed E-state index contributed by atoms with van der Waals surface area (Å²) >= 11 is 0. The molecular weight excluding hydrogens is 278 g/mol. The number of nitrogens with one attached hydrogen (secondary N) is 1. The fourth-order valence-corrected chi connectivity index (χ4v) is 1.91. The minimum atomic E-state index is -3.95. The van der Waals surface area contributed by atoms with Crippen LogP contribution < -0.4 is 10.5 Å². The first-order valence-corrected chi connectivity index (χ1v) is 6.55. The van der Waals surface area contributed by atoms with Crippen molar-refractivity contribution in [2.24, 2.45) is 12.2 Å². The number of hydrogen-bond donors (Lipinski definition) is 4. The molecule has 1 aromatic heterocycles. The number of amides is 1. The maximum Gasteiger partial charge on any atom is 0.328 e. The lowest BCUT2D eigenvalue weighted by atomic mass is 10.3. The molecule has 0 fully saturated rings. The van der Waals surface area contributed by atoms with Crippen molar-refractivity contribution in [2.45, 2.75) is 10.9 Å². The van der Waals surface area contributed by atoms with Crippen LogP contribution in [-0.4, -0.2) is 47.7 Å². The van der Waals surface area contributed by atoms with Gasteiger partial charge in [-0.25, -0.2) is 18.4 Å². The van der Waals surface area contributed by atoms with Gasteiger partial charge in [0.25, 0.3) is 5.91 Å². The molecule has 0 radical (unpaired) electrons. The fourth-order valence-electron chi connectivity index (χ4n) is 1.33. The van der Waals surface area contributed by atoms with Gasteiger partial charge in [-0.2, -0.15) is 0 Å². The number of nitrogens with two attached hydrogens (primary N) is 1. The summed E-state index contributed by atoms with van der Waals surface area (Å²) in [7, 11) is -2.55. The van der Waals surface area contributed by atoms with Gasteiger partial charge in [0.2, 0.25) is 10.0 Å². The maximum atomic E-state index is 11.7. The molecule has 9 nitrogen and oxygen atoms in total. The Kier molecular flexibility index (Phi) is 4.29. The summed E-state index contributed by atoms with van der Waals surface area (Å²) in [5.74, 6) is -2.24. The molecule has 0 aliphatic carbocycles. The molecule has 19 heavy (non-hydrogen) atoms. The number of primary sulfonamides is 1. The Morgan fingerprint density at radius 1 is 1.53 bits per heavy atom. The topological polar surface area (TPSA) is 152 Å². The number of carbonyl (C=O) groups excluding carboxylic acids is 1. The second-order valence-electron chi connectivity index (χ2n) is 3.76. The summed E-state index contributed by atoms with van der Waals surface area (Å²) in [4.78, 5) is 22.1. The summed E-state index contributed by atoms with van der Waals surface area (Å²) in [5.41, 5.74) is -0.0938. The molecule has 1 atom stereocenters. The molecule has 0 aliphatic heterocycles. The molecule has 0 saturated carbocycles. The molecule has 0 aromatic carbocycles. The largest absolute Gasteiger partial charge is 0.480 e. The Morgan fingerprint density at radius 2 is 2.11 bits per heavy atom. The van der Waals surface area contributed by atoms with Crippen LogP contribution in [0.5, 0.6) is 0 Å². The number of nitrogens with zero attached hydrogens (tertiary/aromatic N) is 1. The van der Waals surface area contributed by atoms with Crippen molar-refractivity contribution in [3.8, 4) is 0 Å². The lowest BCUT2D eigenvalue weighted by Gasteiger charge is -2.11. The van der Waals surface area contributed by atoms with E-state index in [1.807, 2.05) is 5.32 Å². The van der Waals surface area contributed by atoms with E-state index in [0.717, 1.165) is 12.3 Å². The third-order valence-corrected chi connectivity index (χ3v) is 3.21. The number of aliphatic carboxylic acids is 1. The van der Waals surface area contributed by atoms with Crippen molar-refractivity contribution in [2.75, 3.05) is 6.61 Å². The summed E-state index contributed by atoms with van der Waals surface area (Å²) in [5, 5.41) is 24.4. The summed E-state index contributed by atoms with van der Waals surface area (Å²) in [6.45, 7) is -0.784. The summed E-state index contributed by atoms with van der Waals surface area (Å²) < 4.78 is 23.4. The molecule has 10 heteroatoms. The number of aryl methyl sites for hydroxylation is 1. The number of rotatable bonds is 5. The van der Waals surface area contributed by atoms with E-state index in [9.17, 15) is 18.0 Å². The normalized spacial score (nSPS) is 13.0. The van der Waals surface area contributed by atoms with Gasteiger partial charge in [-0.1, -0.05) is 0 Å². The SMILES string of the molecule is Cn1cc(S(N)(=O)=O)cc1C(=O)N[C@H](CO)C(=O)O. The number of carboxylic acid groups (broad SMARTS) is 1. The minimum absolute atomic E-state index is 0.0938. The van der Waals surface area contributed by atoms with E-state index in [4.69, 9.17) is 15.4 Å². The van der Waals surface area contributed by atoms with Gasteiger partial charge < -0.3 is 20.1 Å². The molecule has 1 heterocycles. The van der Waals surface area contributed by atoms with E-state index in [2.05, 4.69) is 0 Å². The predicted molar refractivity (Wildman–Crippen MR) is 62.8 cm³/mol. The number of aromatic nitrogens is 1. The highest BCUT2D eigenvalue weighted by Gasteiger charge is 2.23. The van der Waals surface area contributed by atoms with Crippen molar-refractivity contribution >= 4 is 21.9 Å². The van der Waals surface area contributed by atoms with Crippen LogP contribution >= 0.6 is 0 Å². The third-order valence-electron chi connectivity index (χ3n) is 2.33. The van der Waals surface area contributed by atoms with Crippen LogP contribution in [0, 0.1) is 0 Å². The summed E-state index contributed by atoms with van der Waals surface area (Å²) in [6, 6.07) is -0.457. The highest BCUT2D eigenvalue weighted by molar-refractivity contribution is 7.89. The van der Waals surface area contributed by atoms with Gasteiger partial charge in [0.1, 0.15) is 10.6 Å². The van der Waals surface area contributed by atoms with Crippen LogP contribution in [0.2, 0.25) is 0 Å². The molecular formula is C9H13N3O6S. The zero-order chi connectivity index (χ0) is 14.8. The molecule has 0 bridgehead atoms. The van der Waals surface area contributed by atoms with E-state index < -0.39 is 34.5 Å². The van der Waals surface area contributed by atoms with Gasteiger partial charge in [0, 0.05) is 13.2 Å². The van der Waals surface area contributed by atoms with Gasteiger partial charge in [-0.15, -0.1) is 0 Å². The fraction of sp³-hybridized carbons (Fsp3) is 0.333. The number of aliphatic hydroxyl groups is 1. The lowest BCUT2D eigenvalue weighted by molar-refractivity contribution is -0.140. The number of hydrogen-bond acceptors (Lipinski definition) is 5. The molecule has 1 aromatic rings. The number of sulfonamides is 1. The molecule has 0 spiro atoms. The van der Waals surface area contributed by atoms with Gasteiger partial charge in [-0.3, -0.25) is 4.79 Å². The van der Waals surface area contributed by atoms with Crippen molar-refractivity contribution in [1.29, 1.82) is 0 Å². The van der Waals surface area contributed by atoms with Crippen LogP contribution in [-0.2, 0) is 21.9 Å². The van der Waals surface area contributed by atoms with E-state index in [1.54, 1.807) is 0 Å². The predicted octanol–water partition coefficient (Wildman–Crippen LogP) is -2.15. The number of aliphatic hydroxyl groups excluding tert-OH is 1. The highest BCUT2D eigenvalue weighted by Crippen LogP contribution is 2.11. The molecule has 0 unspecified atom stereocenters. The quantitative estimate of drug-likeness (QED) is 0.485. The Balaban J connectivity index is 3.01. The van der Waals surface area contributed by atoms with Crippen LogP contribution in [0.25, 0.3) is 0 Å². The zero-order valence-corrected chi connectivity index (χ0v) is 10.7. The average molecular weight is 291 g/mol. The Labute approximate surface area is 108 Å². The Bertz CT molecular complexity index is 605. The van der Waals surface area contributed by atoms with Crippen LogP contribution in [0.4, 0.5) is 0 Å². The Hall–Kier alpha value is -1.91. The lowest BCUT2D eigenvalue weighted by Crippen LogP contribution is -2.43. The molecule has 1 amide bonds. The van der Waals surface area contributed by atoms with Gasteiger partial charge in [0.15, 0.2) is 6.04 Å². The van der Waals surface area contributed by atoms with Crippen LogP contribution in [0.3, 0.4) is 0 Å². The number of carboxylic acids is 1. The highest BCUT2D eigenvalue weighted by atomic mass is 32.2. The molecule has 5 N–H and O–H groups in total. The van der Waals surface area contributed by atoms with Gasteiger partial charge in [-0.05, 0) is 6.07 Å². The zero-order valence-electron chi connectivity index (χ0n) is 9.90. The smallest absolute Gasteiger partial charge is 0.328 e. The number of carbonyl (C=O) groups is 2. The van der Waals surface area contributed by atoms with Crippen molar-refractivity contribution in [1.82, 2.24) is 9.88 Å². The van der Waals surface area contributed by atoms with Crippen molar-refractivity contribution in [3.63, 3.8) is 0 Å². The van der Waals surface area contributed by atoms with Crippen LogP contribution in [0.1, 0.15) is 10.5 Å². The molecule has 106 valence electrons. The molecule has 0 saturated heterocycles. The second-order valence-corrected chi connectivity index (χ2v) is 5.33. The van der Waals surface area contributed by atoms with Gasteiger partial charge in [0.05, 0.1) is 6.61 Å². The van der Waals surface area contributed by atoms with E-state index in [-0.39, 0.29) is 10.6 Å². The maximum absolute atomic E-state index is 11.7. The third kappa shape index (κ3) is 3.53. The standard InChI is InChI=1S/C9H13N3O6S/c1-12-3-5(19(10,17)18)2-7(12)8(14)11-6(4-13)9(15)16/h2-3,6,13H,4H2,1H3,(H,11,14)(H,15,16)(H2,10,17,18)/t6-/m1/s1. The minimum Gasteiger partial charge on any atom is -0.480 e. The monoisotopic (exact) mass is 291 g/mol. The first kappa shape index (κ1) is 15.1.